The Balaban J connectivity index is 1.78. The van der Waals surface area contributed by atoms with Crippen LogP contribution in [0.15, 0.2) is 36.4 Å². The molecule has 0 unspecified atom stereocenters. The van der Waals surface area contributed by atoms with Crippen LogP contribution in [0.25, 0.3) is 11.4 Å². The number of anilines is 1. The molecule has 1 atom stereocenters. The molecule has 1 aromatic carbocycles. The molecule has 30 heavy (non-hydrogen) atoms. The molecule has 2 amide bonds. The summed E-state index contributed by atoms with van der Waals surface area (Å²) in [6.45, 7) is 0.591. The largest absolute Gasteiger partial charge is 0.438 e. The van der Waals surface area contributed by atoms with Crippen LogP contribution < -0.4 is 11.1 Å². The SMILES string of the molecule is Cc1nc(-c2nnn(C)c2C(=O)NC(=O)O[C@H](CF)c2cccc(F)c2)ccc1N. The van der Waals surface area contributed by atoms with E-state index < -0.39 is 30.6 Å². The van der Waals surface area contributed by atoms with Crippen LogP contribution in [0.1, 0.15) is 27.8 Å². The van der Waals surface area contributed by atoms with Crippen molar-refractivity contribution in [3.8, 4) is 11.4 Å². The predicted molar refractivity (Wildman–Crippen MR) is 102 cm³/mol. The van der Waals surface area contributed by atoms with Crippen molar-refractivity contribution in [1.82, 2.24) is 25.3 Å². The first-order valence-corrected chi connectivity index (χ1v) is 8.76. The van der Waals surface area contributed by atoms with Crippen LogP contribution in [0.2, 0.25) is 0 Å². The number of alkyl halides is 1. The van der Waals surface area contributed by atoms with Gasteiger partial charge in [-0.15, -0.1) is 5.10 Å². The lowest BCUT2D eigenvalue weighted by molar-refractivity contribution is 0.0728. The number of carbonyl (C=O) groups is 2. The standard InChI is InChI=1S/C19H18F2N6O3/c1-10-13(22)6-7-14(23-10)16-17(27(2)26-25-16)18(28)24-19(29)30-15(9-20)11-4-3-5-12(21)8-11/h3-8,15H,9,22H2,1-2H3,(H,24,28,29)/t15-/m1/s1. The molecule has 3 N–H and O–H groups in total. The number of rotatable bonds is 5. The van der Waals surface area contributed by atoms with Gasteiger partial charge in [-0.25, -0.2) is 23.2 Å². The van der Waals surface area contributed by atoms with Crippen molar-refractivity contribution in [1.29, 1.82) is 0 Å². The highest BCUT2D eigenvalue weighted by molar-refractivity contribution is 6.05. The number of alkyl carbamates (subject to hydrolysis) is 1. The number of benzene rings is 1. The molecule has 0 aliphatic carbocycles. The van der Waals surface area contributed by atoms with Gasteiger partial charge in [-0.2, -0.15) is 0 Å². The fraction of sp³-hybridized carbons (Fsp3) is 0.211. The molecule has 0 saturated carbocycles. The van der Waals surface area contributed by atoms with Crippen LogP contribution in [0.3, 0.4) is 0 Å². The second kappa shape index (κ2) is 8.64. The van der Waals surface area contributed by atoms with E-state index in [1.54, 1.807) is 19.1 Å². The molecule has 3 rings (SSSR count). The van der Waals surface area contributed by atoms with E-state index in [0.29, 0.717) is 17.1 Å². The van der Waals surface area contributed by atoms with E-state index in [4.69, 9.17) is 10.5 Å². The Hall–Kier alpha value is -3.89. The van der Waals surface area contributed by atoms with Crippen LogP contribution in [0, 0.1) is 12.7 Å². The summed E-state index contributed by atoms with van der Waals surface area (Å²) >= 11 is 0. The van der Waals surface area contributed by atoms with Crippen molar-refractivity contribution >= 4 is 17.7 Å². The molecule has 0 saturated heterocycles. The number of nitrogens with one attached hydrogen (secondary N) is 1. The average Bonchev–Trinajstić information content (AvgIpc) is 3.09. The first kappa shape index (κ1) is 20.8. The molecule has 0 aliphatic rings. The number of nitrogens with two attached hydrogens (primary N) is 1. The number of aryl methyl sites for hydroxylation is 2. The third kappa shape index (κ3) is 4.40. The quantitative estimate of drug-likeness (QED) is 0.654. The van der Waals surface area contributed by atoms with Gasteiger partial charge in [-0.3, -0.25) is 10.1 Å². The van der Waals surface area contributed by atoms with Crippen molar-refractivity contribution in [2.75, 3.05) is 12.4 Å². The van der Waals surface area contributed by atoms with Crippen molar-refractivity contribution in [3.05, 3.63) is 59.2 Å². The Kier molecular flexibility index (Phi) is 6.00. The maximum atomic E-state index is 13.3. The lowest BCUT2D eigenvalue weighted by Gasteiger charge is -2.15. The number of imide groups is 1. The van der Waals surface area contributed by atoms with Gasteiger partial charge in [0.25, 0.3) is 5.91 Å². The van der Waals surface area contributed by atoms with E-state index in [-0.39, 0.29) is 17.0 Å². The van der Waals surface area contributed by atoms with Crippen LogP contribution >= 0.6 is 0 Å². The highest BCUT2D eigenvalue weighted by atomic mass is 19.1. The number of carbonyl (C=O) groups excluding carboxylic acids is 2. The Bertz CT molecular complexity index is 1100. The summed E-state index contributed by atoms with van der Waals surface area (Å²) in [4.78, 5) is 29.0. The predicted octanol–water partition coefficient (Wildman–Crippen LogP) is 2.48. The minimum atomic E-state index is -1.38. The molecule has 2 aromatic heterocycles. The van der Waals surface area contributed by atoms with Gasteiger partial charge in [0, 0.05) is 7.05 Å². The van der Waals surface area contributed by atoms with Gasteiger partial charge in [0.2, 0.25) is 0 Å². The highest BCUT2D eigenvalue weighted by Crippen LogP contribution is 2.22. The first-order chi connectivity index (χ1) is 14.3. The normalized spacial score (nSPS) is 11.7. The van der Waals surface area contributed by atoms with Crippen LogP contribution in [0.5, 0.6) is 0 Å². The molecule has 11 heteroatoms. The summed E-state index contributed by atoms with van der Waals surface area (Å²) < 4.78 is 32.7. The number of amides is 2. The maximum Gasteiger partial charge on any atom is 0.414 e. The molecule has 0 fully saturated rings. The minimum absolute atomic E-state index is 0.0637. The molecule has 2 heterocycles. The second-order valence-electron chi connectivity index (χ2n) is 6.34. The van der Waals surface area contributed by atoms with Crippen LogP contribution in [0.4, 0.5) is 19.3 Å². The fourth-order valence-electron chi connectivity index (χ4n) is 2.69. The van der Waals surface area contributed by atoms with Crippen LogP contribution in [-0.4, -0.2) is 38.7 Å². The van der Waals surface area contributed by atoms with E-state index in [9.17, 15) is 18.4 Å². The third-order valence-electron chi connectivity index (χ3n) is 4.24. The molecule has 0 spiro atoms. The first-order valence-electron chi connectivity index (χ1n) is 8.76. The van der Waals surface area contributed by atoms with Crippen molar-refractivity contribution < 1.29 is 23.1 Å². The summed E-state index contributed by atoms with van der Waals surface area (Å²) in [5.74, 6) is -1.49. The summed E-state index contributed by atoms with van der Waals surface area (Å²) in [5, 5.41) is 9.70. The molecule has 3 aromatic rings. The van der Waals surface area contributed by atoms with E-state index in [1.165, 1.54) is 25.2 Å². The van der Waals surface area contributed by atoms with E-state index in [1.807, 2.05) is 5.32 Å². The van der Waals surface area contributed by atoms with E-state index in [0.717, 1.165) is 10.7 Å². The zero-order valence-corrected chi connectivity index (χ0v) is 16.1. The lowest BCUT2D eigenvalue weighted by atomic mass is 10.1. The molecule has 0 bridgehead atoms. The molecule has 9 nitrogen and oxygen atoms in total. The van der Waals surface area contributed by atoms with Crippen LogP contribution in [-0.2, 0) is 11.8 Å². The van der Waals surface area contributed by atoms with Gasteiger partial charge in [-0.1, -0.05) is 17.3 Å². The van der Waals surface area contributed by atoms with Gasteiger partial charge in [0.05, 0.1) is 17.1 Å². The second-order valence-corrected chi connectivity index (χ2v) is 6.34. The maximum absolute atomic E-state index is 13.3. The zero-order chi connectivity index (χ0) is 21.8. The molecule has 0 radical (unpaired) electrons. The van der Waals surface area contributed by atoms with E-state index in [2.05, 4.69) is 15.3 Å². The fourth-order valence-corrected chi connectivity index (χ4v) is 2.69. The van der Waals surface area contributed by atoms with Gasteiger partial charge in [0.15, 0.2) is 11.8 Å². The minimum Gasteiger partial charge on any atom is -0.438 e. The van der Waals surface area contributed by atoms with Gasteiger partial charge >= 0.3 is 6.09 Å². The number of halogens is 2. The number of nitrogens with zero attached hydrogens (tertiary/aromatic N) is 4. The number of hydrogen-bond donors (Lipinski definition) is 2. The lowest BCUT2D eigenvalue weighted by Crippen LogP contribution is -2.34. The summed E-state index contributed by atoms with van der Waals surface area (Å²) in [6.07, 6.45) is -2.58. The molecule has 0 aliphatic heterocycles. The van der Waals surface area contributed by atoms with Crippen molar-refractivity contribution in [3.63, 3.8) is 0 Å². The van der Waals surface area contributed by atoms with Crippen molar-refractivity contribution in [2.24, 2.45) is 7.05 Å². The molecular formula is C19H18F2N6O3. The number of aromatic nitrogens is 4. The molecular weight excluding hydrogens is 398 g/mol. The highest BCUT2D eigenvalue weighted by Gasteiger charge is 2.25. The Labute approximate surface area is 169 Å². The smallest absolute Gasteiger partial charge is 0.414 e. The monoisotopic (exact) mass is 416 g/mol. The summed E-state index contributed by atoms with van der Waals surface area (Å²) in [6, 6.07) is 8.14. The number of pyridine rings is 1. The Morgan fingerprint density at radius 1 is 1.30 bits per heavy atom. The Morgan fingerprint density at radius 2 is 2.07 bits per heavy atom. The third-order valence-corrected chi connectivity index (χ3v) is 4.24. The van der Waals surface area contributed by atoms with Gasteiger partial charge in [0.1, 0.15) is 18.2 Å². The van der Waals surface area contributed by atoms with Crippen molar-refractivity contribution in [2.45, 2.75) is 13.0 Å². The van der Waals surface area contributed by atoms with Gasteiger partial charge < -0.3 is 10.5 Å². The van der Waals surface area contributed by atoms with E-state index >= 15 is 0 Å². The number of nitrogen functional groups attached to an aromatic ring is 1. The zero-order valence-electron chi connectivity index (χ0n) is 16.1. The Morgan fingerprint density at radius 3 is 2.73 bits per heavy atom. The number of ether oxygens (including phenoxy) is 1. The number of hydrogen-bond acceptors (Lipinski definition) is 7. The average molecular weight is 416 g/mol. The van der Waals surface area contributed by atoms with Gasteiger partial charge in [-0.05, 0) is 36.8 Å². The molecule has 156 valence electrons. The topological polar surface area (TPSA) is 125 Å². The summed E-state index contributed by atoms with van der Waals surface area (Å²) in [5.41, 5.74) is 7.25. The summed E-state index contributed by atoms with van der Waals surface area (Å²) in [7, 11) is 1.46.